The van der Waals surface area contributed by atoms with E-state index in [0.29, 0.717) is 21.7 Å². The van der Waals surface area contributed by atoms with Crippen LogP contribution in [0.5, 0.6) is 17.2 Å². The molecule has 0 aliphatic carbocycles. The summed E-state index contributed by atoms with van der Waals surface area (Å²) in [4.78, 5) is 13.2. The van der Waals surface area contributed by atoms with Gasteiger partial charge in [-0.15, -0.1) is 0 Å². The number of benzene rings is 3. The lowest BCUT2D eigenvalue weighted by molar-refractivity contribution is -0.138. The molecular formula is C25H24NO5P. The van der Waals surface area contributed by atoms with E-state index in [1.54, 1.807) is 74.5 Å². The molecule has 0 saturated carbocycles. The first-order valence-electron chi connectivity index (χ1n) is 10.1. The fourth-order valence-corrected chi connectivity index (χ4v) is 6.57. The number of methoxy groups -OCH3 is 1. The Morgan fingerprint density at radius 1 is 1.06 bits per heavy atom. The second kappa shape index (κ2) is 8.30. The van der Waals surface area contributed by atoms with E-state index in [9.17, 15) is 14.5 Å². The molecule has 4 rings (SSSR count). The second-order valence-electron chi connectivity index (χ2n) is 7.62. The van der Waals surface area contributed by atoms with Gasteiger partial charge in [0.05, 0.1) is 7.11 Å². The lowest BCUT2D eigenvalue weighted by Gasteiger charge is -2.31. The van der Waals surface area contributed by atoms with E-state index in [-0.39, 0.29) is 17.2 Å². The Balaban J connectivity index is 1.95. The summed E-state index contributed by atoms with van der Waals surface area (Å²) in [6, 6.07) is 19.4. The van der Waals surface area contributed by atoms with Gasteiger partial charge in [-0.2, -0.15) is 0 Å². The molecule has 2 N–H and O–H groups in total. The van der Waals surface area contributed by atoms with E-state index in [4.69, 9.17) is 9.47 Å². The summed E-state index contributed by atoms with van der Waals surface area (Å²) in [5.41, 5.74) is -0.712. The highest BCUT2D eigenvalue weighted by atomic mass is 31.2. The molecule has 0 radical (unpaired) electrons. The number of allylic oxidation sites excluding steroid dienone is 1. The molecular weight excluding hydrogens is 425 g/mol. The summed E-state index contributed by atoms with van der Waals surface area (Å²) in [7, 11) is -2.07. The van der Waals surface area contributed by atoms with E-state index >= 15 is 0 Å². The predicted octanol–water partition coefficient (Wildman–Crippen LogP) is 4.09. The van der Waals surface area contributed by atoms with Gasteiger partial charge in [0.2, 0.25) is 7.29 Å². The van der Waals surface area contributed by atoms with Crippen LogP contribution in [0.1, 0.15) is 25.0 Å². The molecule has 0 amide bonds. The fraction of sp³-hybridized carbons (Fsp3) is 0.160. The summed E-state index contributed by atoms with van der Waals surface area (Å²) in [6.45, 7) is 3.42. The fourth-order valence-electron chi connectivity index (χ4n) is 4.00. The topological polar surface area (TPSA) is 84.9 Å². The van der Waals surface area contributed by atoms with Gasteiger partial charge in [0.25, 0.3) is 0 Å². The zero-order valence-electron chi connectivity index (χ0n) is 18.0. The van der Waals surface area contributed by atoms with Crippen molar-refractivity contribution >= 4 is 29.9 Å². The van der Waals surface area contributed by atoms with Crippen LogP contribution in [-0.4, -0.2) is 18.2 Å². The molecule has 0 bridgehead atoms. The summed E-state index contributed by atoms with van der Waals surface area (Å²) in [5, 5.41) is 15.1. The maximum atomic E-state index is 14.6. The van der Waals surface area contributed by atoms with Crippen molar-refractivity contribution in [3.8, 4) is 17.2 Å². The van der Waals surface area contributed by atoms with Gasteiger partial charge in [0.15, 0.2) is 17.0 Å². The number of carbonyl (C=O) groups excluding carboxylic acids is 1. The number of phenols is 1. The average molecular weight is 449 g/mol. The highest BCUT2D eigenvalue weighted by molar-refractivity contribution is 7.77. The molecule has 32 heavy (non-hydrogen) atoms. The predicted molar refractivity (Wildman–Crippen MR) is 125 cm³/mol. The molecule has 3 aromatic rings. The summed E-state index contributed by atoms with van der Waals surface area (Å²) < 4.78 is 25.4. The van der Waals surface area contributed by atoms with Crippen LogP contribution >= 0.6 is 7.29 Å². The first-order valence-corrected chi connectivity index (χ1v) is 11.9. The van der Waals surface area contributed by atoms with Crippen molar-refractivity contribution < 1.29 is 23.9 Å². The van der Waals surface area contributed by atoms with Crippen molar-refractivity contribution in [2.24, 2.45) is 0 Å². The standard InChI is InChI=1S/C25H24NO5P/c1-4-11-19-22-20(16-21(30-3)23(19)27)31-24(28)25(22,2)26-32(29,17-12-7-5-8-13-17)18-14-9-6-10-15-18/h4-16,27H,1-3H3,(H,26,29)/b11-4+/t25-/m1/s1. The van der Waals surface area contributed by atoms with Crippen LogP contribution in [0.4, 0.5) is 0 Å². The van der Waals surface area contributed by atoms with Crippen molar-refractivity contribution in [1.29, 1.82) is 0 Å². The van der Waals surface area contributed by atoms with Crippen molar-refractivity contribution in [2.45, 2.75) is 19.4 Å². The van der Waals surface area contributed by atoms with Crippen LogP contribution in [-0.2, 0) is 14.9 Å². The van der Waals surface area contributed by atoms with E-state index in [0.717, 1.165) is 0 Å². The van der Waals surface area contributed by atoms with E-state index < -0.39 is 18.8 Å². The summed E-state index contributed by atoms with van der Waals surface area (Å²) >= 11 is 0. The number of hydrogen-bond acceptors (Lipinski definition) is 5. The van der Waals surface area contributed by atoms with Gasteiger partial charge in [-0.05, 0) is 38.1 Å². The molecule has 7 heteroatoms. The van der Waals surface area contributed by atoms with Crippen LogP contribution in [0.3, 0.4) is 0 Å². The molecule has 1 heterocycles. The third-order valence-electron chi connectivity index (χ3n) is 5.55. The van der Waals surface area contributed by atoms with Gasteiger partial charge in [0, 0.05) is 27.8 Å². The molecule has 1 atom stereocenters. The number of carbonyl (C=O) groups is 1. The number of esters is 1. The van der Waals surface area contributed by atoms with Crippen LogP contribution in [0.2, 0.25) is 0 Å². The smallest absolute Gasteiger partial charge is 0.336 e. The van der Waals surface area contributed by atoms with Gasteiger partial charge in [-0.1, -0.05) is 48.6 Å². The third-order valence-corrected chi connectivity index (χ3v) is 8.36. The van der Waals surface area contributed by atoms with Crippen LogP contribution in [0.25, 0.3) is 6.08 Å². The maximum Gasteiger partial charge on any atom is 0.336 e. The Bertz CT molecular complexity index is 1200. The number of rotatable bonds is 6. The first kappa shape index (κ1) is 21.9. The molecule has 164 valence electrons. The minimum atomic E-state index is -3.49. The molecule has 0 spiro atoms. The quantitative estimate of drug-likeness (QED) is 0.335. The lowest BCUT2D eigenvalue weighted by atomic mass is 9.89. The highest BCUT2D eigenvalue weighted by Crippen LogP contribution is 2.52. The average Bonchev–Trinajstić information content (AvgIpc) is 3.05. The summed E-state index contributed by atoms with van der Waals surface area (Å²) in [5.74, 6) is -0.299. The van der Waals surface area contributed by atoms with Crippen molar-refractivity contribution in [3.05, 3.63) is 83.9 Å². The summed E-state index contributed by atoms with van der Waals surface area (Å²) in [6.07, 6.45) is 3.42. The minimum Gasteiger partial charge on any atom is -0.504 e. The normalized spacial score (nSPS) is 17.9. The zero-order valence-corrected chi connectivity index (χ0v) is 18.9. The van der Waals surface area contributed by atoms with Crippen LogP contribution in [0, 0.1) is 0 Å². The van der Waals surface area contributed by atoms with Crippen LogP contribution < -0.4 is 25.2 Å². The SMILES string of the molecule is C/C=C/c1c(O)c(OC)cc2c1[C@@](C)(NP(=O)(c1ccccc1)c1ccccc1)C(=O)O2. The van der Waals surface area contributed by atoms with Crippen LogP contribution in [0.15, 0.2) is 72.8 Å². The largest absolute Gasteiger partial charge is 0.504 e. The first-order chi connectivity index (χ1) is 15.3. The third kappa shape index (κ3) is 3.42. The number of aromatic hydroxyl groups is 1. The number of ether oxygens (including phenoxy) is 2. The van der Waals surface area contributed by atoms with Crippen molar-refractivity contribution in [3.63, 3.8) is 0 Å². The van der Waals surface area contributed by atoms with Gasteiger partial charge in [-0.3, -0.25) is 4.57 Å². The van der Waals surface area contributed by atoms with Gasteiger partial charge in [-0.25, -0.2) is 9.88 Å². The molecule has 3 aromatic carbocycles. The maximum absolute atomic E-state index is 14.6. The number of fused-ring (bicyclic) bond motifs is 1. The number of nitrogens with one attached hydrogen (secondary N) is 1. The molecule has 6 nitrogen and oxygen atoms in total. The molecule has 1 aliphatic heterocycles. The Morgan fingerprint density at radius 2 is 1.62 bits per heavy atom. The number of phenolic OH excluding ortho intramolecular Hbond substituents is 1. The monoisotopic (exact) mass is 449 g/mol. The Labute approximate surface area is 186 Å². The zero-order chi connectivity index (χ0) is 22.9. The Kier molecular flexibility index (Phi) is 5.68. The Hall–Kier alpha value is -3.34. The molecule has 0 aromatic heterocycles. The lowest BCUT2D eigenvalue weighted by Crippen LogP contribution is -2.47. The van der Waals surface area contributed by atoms with Gasteiger partial charge in [0.1, 0.15) is 5.75 Å². The Morgan fingerprint density at radius 3 is 2.12 bits per heavy atom. The molecule has 0 unspecified atom stereocenters. The van der Waals surface area contributed by atoms with Gasteiger partial charge >= 0.3 is 5.97 Å². The number of hydrogen-bond donors (Lipinski definition) is 2. The van der Waals surface area contributed by atoms with E-state index in [1.165, 1.54) is 13.2 Å². The van der Waals surface area contributed by atoms with Gasteiger partial charge < -0.3 is 14.6 Å². The van der Waals surface area contributed by atoms with Crippen molar-refractivity contribution in [2.75, 3.05) is 7.11 Å². The second-order valence-corrected chi connectivity index (χ2v) is 10.1. The van der Waals surface area contributed by atoms with Crippen molar-refractivity contribution in [1.82, 2.24) is 5.09 Å². The minimum absolute atomic E-state index is 0.120. The molecule has 0 saturated heterocycles. The molecule has 1 aliphatic rings. The highest BCUT2D eigenvalue weighted by Gasteiger charge is 2.52. The molecule has 0 fully saturated rings. The van der Waals surface area contributed by atoms with E-state index in [1.807, 2.05) is 12.1 Å². The van der Waals surface area contributed by atoms with E-state index in [2.05, 4.69) is 5.09 Å².